The van der Waals surface area contributed by atoms with Crippen molar-refractivity contribution in [1.82, 2.24) is 0 Å². The molecule has 152 valence electrons. The first-order chi connectivity index (χ1) is 12.6. The summed E-state index contributed by atoms with van der Waals surface area (Å²) >= 11 is 0. The van der Waals surface area contributed by atoms with E-state index in [9.17, 15) is 9.59 Å². The maximum absolute atomic E-state index is 12.5. The van der Waals surface area contributed by atoms with Gasteiger partial charge in [0, 0.05) is 12.5 Å². The summed E-state index contributed by atoms with van der Waals surface area (Å²) in [6.45, 7) is 11.0. The first-order valence-corrected chi connectivity index (χ1v) is 10.2. The Morgan fingerprint density at radius 3 is 2.56 bits per heavy atom. The summed E-state index contributed by atoms with van der Waals surface area (Å²) in [5.41, 5.74) is 2.47. The number of carbonyl (C=O) groups is 2. The van der Waals surface area contributed by atoms with Crippen molar-refractivity contribution in [2.45, 2.75) is 73.1 Å². The Morgan fingerprint density at radius 2 is 1.93 bits per heavy atom. The van der Waals surface area contributed by atoms with Crippen molar-refractivity contribution < 1.29 is 19.1 Å². The summed E-state index contributed by atoms with van der Waals surface area (Å²) in [6, 6.07) is 0. The minimum absolute atomic E-state index is 0.121. The van der Waals surface area contributed by atoms with Crippen molar-refractivity contribution >= 4 is 11.9 Å². The Hall–Kier alpha value is -1.58. The third-order valence-corrected chi connectivity index (χ3v) is 6.99. The Kier molecular flexibility index (Phi) is 6.93. The molecule has 0 aromatic carbocycles. The number of rotatable bonds is 6. The standard InChI is InChI=1S/C23H36O4/c1-16(12-15-27-17(2)24)8-10-19-18(21(25)26-6)9-11-20-22(3,4)13-7-14-23(19,20)5/h9,12,19-20H,7-8,10-11,13-15H2,1-6H3/b16-12+/t19-,20-,23+/m0/s1. The lowest BCUT2D eigenvalue weighted by Gasteiger charge is -2.56. The maximum atomic E-state index is 12.5. The van der Waals surface area contributed by atoms with Crippen LogP contribution in [0.3, 0.4) is 0 Å². The number of allylic oxidation sites excluding steroid dienone is 2. The number of fused-ring (bicyclic) bond motifs is 1. The minimum atomic E-state index is -0.262. The SMILES string of the molecule is COC(=O)C1=CC[C@H]2C(C)(C)CCC[C@]2(C)[C@H]1CC/C(C)=C/COC(C)=O. The zero-order chi connectivity index (χ0) is 20.2. The zero-order valence-corrected chi connectivity index (χ0v) is 17.9. The molecule has 0 unspecified atom stereocenters. The molecular formula is C23H36O4. The lowest BCUT2D eigenvalue weighted by molar-refractivity contribution is -0.140. The van der Waals surface area contributed by atoms with E-state index < -0.39 is 0 Å². The number of carbonyl (C=O) groups excluding carboxylic acids is 2. The molecule has 0 heterocycles. The van der Waals surface area contributed by atoms with Crippen LogP contribution in [0.15, 0.2) is 23.3 Å². The van der Waals surface area contributed by atoms with E-state index in [-0.39, 0.29) is 23.3 Å². The average molecular weight is 377 g/mol. The molecule has 0 saturated heterocycles. The van der Waals surface area contributed by atoms with Gasteiger partial charge in [-0.15, -0.1) is 0 Å². The van der Waals surface area contributed by atoms with Gasteiger partial charge >= 0.3 is 11.9 Å². The van der Waals surface area contributed by atoms with Gasteiger partial charge in [0.2, 0.25) is 0 Å². The van der Waals surface area contributed by atoms with Crippen molar-refractivity contribution in [3.8, 4) is 0 Å². The minimum Gasteiger partial charge on any atom is -0.466 e. The second kappa shape index (κ2) is 8.62. The fraction of sp³-hybridized carbons (Fsp3) is 0.739. The van der Waals surface area contributed by atoms with Crippen LogP contribution in [0.1, 0.15) is 73.1 Å². The number of methoxy groups -OCH3 is 1. The lowest BCUT2D eigenvalue weighted by Crippen LogP contribution is -2.49. The molecule has 0 aromatic rings. The second-order valence-corrected chi connectivity index (χ2v) is 9.23. The predicted molar refractivity (Wildman–Crippen MR) is 107 cm³/mol. The number of hydrogen-bond donors (Lipinski definition) is 0. The summed E-state index contributed by atoms with van der Waals surface area (Å²) in [7, 11) is 1.48. The van der Waals surface area contributed by atoms with E-state index in [1.165, 1.54) is 32.4 Å². The van der Waals surface area contributed by atoms with E-state index >= 15 is 0 Å². The molecule has 0 aromatic heterocycles. The van der Waals surface area contributed by atoms with Gasteiger partial charge in [-0.3, -0.25) is 4.79 Å². The monoisotopic (exact) mass is 376 g/mol. The number of ether oxygens (including phenoxy) is 2. The third-order valence-electron chi connectivity index (χ3n) is 6.99. The van der Waals surface area contributed by atoms with Gasteiger partial charge < -0.3 is 9.47 Å². The highest BCUT2D eigenvalue weighted by Crippen LogP contribution is 2.60. The van der Waals surface area contributed by atoms with E-state index in [1.54, 1.807) is 0 Å². The Labute approximate surface area is 164 Å². The Bertz CT molecular complexity index is 628. The van der Waals surface area contributed by atoms with E-state index in [1.807, 2.05) is 6.08 Å². The number of hydrogen-bond acceptors (Lipinski definition) is 4. The summed E-state index contributed by atoms with van der Waals surface area (Å²) in [4.78, 5) is 23.4. The second-order valence-electron chi connectivity index (χ2n) is 9.23. The molecule has 4 heteroatoms. The molecule has 27 heavy (non-hydrogen) atoms. The van der Waals surface area contributed by atoms with Gasteiger partial charge in [0.15, 0.2) is 0 Å². The molecule has 1 fully saturated rings. The molecule has 2 rings (SSSR count). The summed E-state index contributed by atoms with van der Waals surface area (Å²) in [5, 5.41) is 0. The molecule has 1 saturated carbocycles. The van der Waals surface area contributed by atoms with Crippen LogP contribution in [0.2, 0.25) is 0 Å². The van der Waals surface area contributed by atoms with Gasteiger partial charge in [-0.05, 0) is 67.8 Å². The van der Waals surface area contributed by atoms with Crippen molar-refractivity contribution in [2.24, 2.45) is 22.7 Å². The van der Waals surface area contributed by atoms with Crippen molar-refractivity contribution in [2.75, 3.05) is 13.7 Å². The quantitative estimate of drug-likeness (QED) is 0.470. The van der Waals surface area contributed by atoms with Gasteiger partial charge in [0.25, 0.3) is 0 Å². The highest BCUT2D eigenvalue weighted by atomic mass is 16.5. The molecule has 0 N–H and O–H groups in total. The highest BCUT2D eigenvalue weighted by Gasteiger charge is 2.53. The van der Waals surface area contributed by atoms with Gasteiger partial charge in [0.1, 0.15) is 6.61 Å². The first kappa shape index (κ1) is 21.7. The number of esters is 2. The van der Waals surface area contributed by atoms with Crippen molar-refractivity contribution in [1.29, 1.82) is 0 Å². The van der Waals surface area contributed by atoms with Crippen LogP contribution in [0, 0.1) is 22.7 Å². The van der Waals surface area contributed by atoms with Crippen molar-refractivity contribution in [3.63, 3.8) is 0 Å². The zero-order valence-electron chi connectivity index (χ0n) is 17.9. The van der Waals surface area contributed by atoms with Crippen LogP contribution in [0.5, 0.6) is 0 Å². The molecular weight excluding hydrogens is 340 g/mol. The van der Waals surface area contributed by atoms with Gasteiger partial charge in [-0.1, -0.05) is 38.8 Å². The highest BCUT2D eigenvalue weighted by molar-refractivity contribution is 5.89. The molecule has 2 aliphatic rings. The van der Waals surface area contributed by atoms with Crippen LogP contribution >= 0.6 is 0 Å². The van der Waals surface area contributed by atoms with Crippen LogP contribution in [0.25, 0.3) is 0 Å². The molecule has 0 amide bonds. The topological polar surface area (TPSA) is 52.6 Å². The normalized spacial score (nSPS) is 30.1. The average Bonchev–Trinajstić information content (AvgIpc) is 2.58. The molecule has 3 atom stereocenters. The van der Waals surface area contributed by atoms with Crippen LogP contribution in [-0.2, 0) is 19.1 Å². The molecule has 0 bridgehead atoms. The molecule has 0 spiro atoms. The largest absolute Gasteiger partial charge is 0.466 e. The van der Waals surface area contributed by atoms with Crippen molar-refractivity contribution in [3.05, 3.63) is 23.3 Å². The van der Waals surface area contributed by atoms with Gasteiger partial charge in [0.05, 0.1) is 7.11 Å². The van der Waals surface area contributed by atoms with E-state index in [0.717, 1.165) is 31.3 Å². The van der Waals surface area contributed by atoms with Crippen LogP contribution < -0.4 is 0 Å². The molecule has 0 radical (unpaired) electrons. The van der Waals surface area contributed by atoms with Crippen LogP contribution in [0.4, 0.5) is 0 Å². The summed E-state index contributed by atoms with van der Waals surface area (Å²) < 4.78 is 10.1. The smallest absolute Gasteiger partial charge is 0.333 e. The fourth-order valence-electron chi connectivity index (χ4n) is 5.52. The van der Waals surface area contributed by atoms with Crippen LogP contribution in [-0.4, -0.2) is 25.7 Å². The fourth-order valence-corrected chi connectivity index (χ4v) is 5.52. The van der Waals surface area contributed by atoms with Gasteiger partial charge in [-0.2, -0.15) is 0 Å². The first-order valence-electron chi connectivity index (χ1n) is 10.2. The molecule has 4 nitrogen and oxygen atoms in total. The summed E-state index contributed by atoms with van der Waals surface area (Å²) in [6.07, 6.45) is 10.5. The van der Waals surface area contributed by atoms with E-state index in [0.29, 0.717) is 17.9 Å². The maximum Gasteiger partial charge on any atom is 0.333 e. The third kappa shape index (κ3) is 4.83. The van der Waals surface area contributed by atoms with E-state index in [4.69, 9.17) is 9.47 Å². The molecule has 0 aliphatic heterocycles. The molecule has 2 aliphatic carbocycles. The van der Waals surface area contributed by atoms with Gasteiger partial charge in [-0.25, -0.2) is 4.79 Å². The summed E-state index contributed by atoms with van der Waals surface area (Å²) in [5.74, 6) is 0.356. The Balaban J connectivity index is 2.22. The Morgan fingerprint density at radius 1 is 1.22 bits per heavy atom. The predicted octanol–water partition coefficient (Wildman–Crippen LogP) is 5.23. The van der Waals surface area contributed by atoms with E-state index in [2.05, 4.69) is 33.8 Å². The lowest BCUT2D eigenvalue weighted by atomic mass is 9.48.